The van der Waals surface area contributed by atoms with Gasteiger partial charge in [0.1, 0.15) is 0 Å². The van der Waals surface area contributed by atoms with Crippen molar-refractivity contribution in [2.75, 3.05) is 20.0 Å². The molecule has 0 bridgehead atoms. The fourth-order valence-corrected chi connectivity index (χ4v) is 3.50. The summed E-state index contributed by atoms with van der Waals surface area (Å²) in [4.78, 5) is 17.4. The zero-order valence-electron chi connectivity index (χ0n) is 16.7. The van der Waals surface area contributed by atoms with Gasteiger partial charge in [-0.2, -0.15) is 4.98 Å². The maximum atomic E-state index is 12.0. The predicted molar refractivity (Wildman–Crippen MR) is 109 cm³/mol. The van der Waals surface area contributed by atoms with E-state index in [0.717, 1.165) is 10.5 Å². The molecule has 7 nitrogen and oxygen atoms in total. The van der Waals surface area contributed by atoms with Gasteiger partial charge in [0.05, 0.1) is 20.0 Å². The summed E-state index contributed by atoms with van der Waals surface area (Å²) in [5.74, 6) is 1.63. The maximum absolute atomic E-state index is 12.0. The number of thioether (sulfide) groups is 1. The number of hydrogen-bond donors (Lipinski definition) is 0. The molecule has 0 saturated carbocycles. The smallest absolute Gasteiger partial charge is 0.316 e. The Morgan fingerprint density at radius 1 is 1.07 bits per heavy atom. The van der Waals surface area contributed by atoms with Gasteiger partial charge in [-0.15, -0.1) is 11.8 Å². The van der Waals surface area contributed by atoms with E-state index in [4.69, 9.17) is 18.7 Å². The third-order valence-electron chi connectivity index (χ3n) is 4.14. The van der Waals surface area contributed by atoms with Crippen molar-refractivity contribution in [3.63, 3.8) is 0 Å². The van der Waals surface area contributed by atoms with E-state index in [2.05, 4.69) is 16.2 Å². The van der Waals surface area contributed by atoms with Crippen molar-refractivity contribution < 1.29 is 23.5 Å². The summed E-state index contributed by atoms with van der Waals surface area (Å²) in [6.45, 7) is 3.98. The van der Waals surface area contributed by atoms with Gasteiger partial charge in [-0.25, -0.2) is 0 Å². The molecule has 3 aromatic rings. The van der Waals surface area contributed by atoms with Gasteiger partial charge in [-0.1, -0.05) is 22.9 Å². The summed E-state index contributed by atoms with van der Waals surface area (Å²) >= 11 is 1.44. The molecule has 0 aliphatic heterocycles. The Hall–Kier alpha value is -3.00. The molecular formula is C21H22N2O5S. The lowest BCUT2D eigenvalue weighted by Gasteiger charge is -2.07. The molecule has 0 saturated heterocycles. The zero-order valence-corrected chi connectivity index (χ0v) is 17.5. The highest BCUT2D eigenvalue weighted by Crippen LogP contribution is 2.31. The first-order valence-electron chi connectivity index (χ1n) is 8.91. The maximum Gasteiger partial charge on any atom is 0.316 e. The fraction of sp³-hybridized carbons (Fsp3) is 0.286. The summed E-state index contributed by atoms with van der Waals surface area (Å²) in [6.07, 6.45) is 0. The number of aryl methyl sites for hydroxylation is 2. The molecule has 2 aromatic carbocycles. The van der Waals surface area contributed by atoms with Gasteiger partial charge >= 0.3 is 5.97 Å². The van der Waals surface area contributed by atoms with Gasteiger partial charge in [-0.3, -0.25) is 4.79 Å². The van der Waals surface area contributed by atoms with Crippen molar-refractivity contribution in [3.05, 3.63) is 53.4 Å². The van der Waals surface area contributed by atoms with Crippen LogP contribution in [0, 0.1) is 13.8 Å². The minimum atomic E-state index is -0.346. The standard InChI is InChI=1S/C21H22N2O5S/c1-13-5-8-18(14(2)9-13)29-12-20(24)27-11-19-22-21(23-28-19)15-6-7-16(25-3)17(10-15)26-4/h5-10H,11-12H2,1-4H3. The van der Waals surface area contributed by atoms with Crippen LogP contribution < -0.4 is 9.47 Å². The highest BCUT2D eigenvalue weighted by Gasteiger charge is 2.14. The number of aromatic nitrogens is 2. The van der Waals surface area contributed by atoms with Crippen LogP contribution in [0.3, 0.4) is 0 Å². The highest BCUT2D eigenvalue weighted by atomic mass is 32.2. The molecular weight excluding hydrogens is 392 g/mol. The molecule has 0 atom stereocenters. The molecule has 29 heavy (non-hydrogen) atoms. The number of nitrogens with zero attached hydrogens (tertiary/aromatic N) is 2. The first-order chi connectivity index (χ1) is 14.0. The Balaban J connectivity index is 1.55. The molecule has 152 valence electrons. The van der Waals surface area contributed by atoms with Gasteiger partial charge in [0.2, 0.25) is 5.82 Å². The molecule has 0 amide bonds. The van der Waals surface area contributed by atoms with Crippen LogP contribution in [0.1, 0.15) is 17.0 Å². The van der Waals surface area contributed by atoms with Crippen molar-refractivity contribution in [2.45, 2.75) is 25.3 Å². The molecule has 0 spiro atoms. The Labute approximate surface area is 173 Å². The third-order valence-corrected chi connectivity index (χ3v) is 5.29. The summed E-state index contributed by atoms with van der Waals surface area (Å²) in [6, 6.07) is 11.4. The van der Waals surface area contributed by atoms with Gasteiger partial charge in [0.25, 0.3) is 5.89 Å². The lowest BCUT2D eigenvalue weighted by molar-refractivity contribution is -0.142. The van der Waals surface area contributed by atoms with E-state index >= 15 is 0 Å². The SMILES string of the molecule is COc1ccc(-c2noc(COC(=O)CSc3ccc(C)cc3C)n2)cc1OC. The summed E-state index contributed by atoms with van der Waals surface area (Å²) in [5.41, 5.74) is 3.03. The van der Waals surface area contributed by atoms with E-state index < -0.39 is 0 Å². The van der Waals surface area contributed by atoms with E-state index in [0.29, 0.717) is 22.9 Å². The van der Waals surface area contributed by atoms with Crippen molar-refractivity contribution in [3.8, 4) is 22.9 Å². The van der Waals surface area contributed by atoms with Crippen LogP contribution in [0.2, 0.25) is 0 Å². The van der Waals surface area contributed by atoms with Crippen LogP contribution in [0.15, 0.2) is 45.8 Å². The zero-order chi connectivity index (χ0) is 20.8. The molecule has 1 aromatic heterocycles. The average molecular weight is 414 g/mol. The number of methoxy groups -OCH3 is 2. The van der Waals surface area contributed by atoms with E-state index in [1.54, 1.807) is 32.4 Å². The first-order valence-corrected chi connectivity index (χ1v) is 9.89. The minimum absolute atomic E-state index is 0.0768. The summed E-state index contributed by atoms with van der Waals surface area (Å²) < 4.78 is 20.9. The first kappa shape index (κ1) is 20.7. The summed E-state index contributed by atoms with van der Waals surface area (Å²) in [7, 11) is 3.12. The number of carbonyl (C=O) groups excluding carboxylic acids is 1. The quantitative estimate of drug-likeness (QED) is 0.400. The molecule has 0 radical (unpaired) electrons. The molecule has 8 heteroatoms. The lowest BCUT2D eigenvalue weighted by Crippen LogP contribution is -2.07. The van der Waals surface area contributed by atoms with Gasteiger partial charge < -0.3 is 18.7 Å². The topological polar surface area (TPSA) is 83.7 Å². The number of rotatable bonds is 8. The van der Waals surface area contributed by atoms with Gasteiger partial charge in [0.15, 0.2) is 18.1 Å². The minimum Gasteiger partial charge on any atom is -0.493 e. The molecule has 1 heterocycles. The number of carbonyl (C=O) groups is 1. The van der Waals surface area contributed by atoms with Gasteiger partial charge in [-0.05, 0) is 43.7 Å². The molecule has 3 rings (SSSR count). The number of esters is 1. The Morgan fingerprint density at radius 2 is 1.86 bits per heavy atom. The van der Waals surface area contributed by atoms with E-state index in [1.807, 2.05) is 26.0 Å². The van der Waals surface area contributed by atoms with E-state index in [9.17, 15) is 4.79 Å². The lowest BCUT2D eigenvalue weighted by atomic mass is 10.2. The van der Waals surface area contributed by atoms with E-state index in [1.165, 1.54) is 17.3 Å². The normalized spacial score (nSPS) is 10.6. The Morgan fingerprint density at radius 3 is 2.59 bits per heavy atom. The van der Waals surface area contributed by atoms with Crippen LogP contribution in [0.5, 0.6) is 11.5 Å². The number of ether oxygens (including phenoxy) is 3. The number of benzene rings is 2. The van der Waals surface area contributed by atoms with Crippen LogP contribution in [-0.2, 0) is 16.1 Å². The van der Waals surface area contributed by atoms with E-state index in [-0.39, 0.29) is 24.2 Å². The highest BCUT2D eigenvalue weighted by molar-refractivity contribution is 8.00. The van der Waals surface area contributed by atoms with Crippen LogP contribution in [0.25, 0.3) is 11.4 Å². The third kappa shape index (κ3) is 5.29. The monoisotopic (exact) mass is 414 g/mol. The fourth-order valence-electron chi connectivity index (χ4n) is 2.69. The second-order valence-corrected chi connectivity index (χ2v) is 7.32. The van der Waals surface area contributed by atoms with Crippen LogP contribution in [0.4, 0.5) is 0 Å². The summed E-state index contributed by atoms with van der Waals surface area (Å²) in [5, 5.41) is 3.93. The molecule has 0 N–H and O–H groups in total. The van der Waals surface area contributed by atoms with Crippen molar-refractivity contribution in [1.29, 1.82) is 0 Å². The van der Waals surface area contributed by atoms with Crippen molar-refractivity contribution in [1.82, 2.24) is 10.1 Å². The second kappa shape index (κ2) is 9.47. The molecule has 0 unspecified atom stereocenters. The van der Waals surface area contributed by atoms with Crippen LogP contribution in [-0.4, -0.2) is 36.1 Å². The number of hydrogen-bond acceptors (Lipinski definition) is 8. The molecule has 0 aliphatic rings. The van der Waals surface area contributed by atoms with Crippen molar-refractivity contribution in [2.24, 2.45) is 0 Å². The Bertz CT molecular complexity index is 1000. The van der Waals surface area contributed by atoms with Crippen LogP contribution >= 0.6 is 11.8 Å². The predicted octanol–water partition coefficient (Wildman–Crippen LogP) is 4.21. The average Bonchev–Trinajstić information content (AvgIpc) is 3.20. The molecule has 0 aliphatic carbocycles. The second-order valence-electron chi connectivity index (χ2n) is 6.30. The largest absolute Gasteiger partial charge is 0.493 e. The van der Waals surface area contributed by atoms with Gasteiger partial charge in [0, 0.05) is 10.5 Å². The van der Waals surface area contributed by atoms with Crippen molar-refractivity contribution >= 4 is 17.7 Å². The Kier molecular flexibility index (Phi) is 6.77. The molecule has 0 fully saturated rings.